The van der Waals surface area contributed by atoms with Gasteiger partial charge in [0.25, 0.3) is 0 Å². The Labute approximate surface area is 127 Å². The number of amides is 1. The lowest BCUT2D eigenvalue weighted by atomic mass is 10.1. The highest BCUT2D eigenvalue weighted by molar-refractivity contribution is 9.11. The van der Waals surface area contributed by atoms with Crippen molar-refractivity contribution in [1.29, 1.82) is 0 Å². The minimum atomic E-state index is -0.583. The van der Waals surface area contributed by atoms with E-state index in [0.29, 0.717) is 8.95 Å². The Morgan fingerprint density at radius 1 is 1.26 bits per heavy atom. The van der Waals surface area contributed by atoms with Gasteiger partial charge in [-0.3, -0.25) is 9.59 Å². The molecule has 0 bridgehead atoms. The van der Waals surface area contributed by atoms with Gasteiger partial charge in [-0.15, -0.1) is 0 Å². The van der Waals surface area contributed by atoms with Crippen LogP contribution in [-0.2, 0) is 14.3 Å². The number of methoxy groups -OCH3 is 1. The zero-order valence-electron chi connectivity index (χ0n) is 10.3. The van der Waals surface area contributed by atoms with E-state index in [2.05, 4.69) is 41.9 Å². The molecule has 102 valence electrons. The second-order valence-corrected chi connectivity index (χ2v) is 5.50. The number of benzene rings is 1. The predicted octanol–water partition coefficient (Wildman–Crippen LogP) is 2.92. The molecule has 19 heavy (non-hydrogen) atoms. The minimum Gasteiger partial charge on any atom is -0.465 e. The maximum Gasteiger partial charge on any atom is 0.340 e. The summed E-state index contributed by atoms with van der Waals surface area (Å²) < 4.78 is 5.82. The summed E-state index contributed by atoms with van der Waals surface area (Å²) in [5, 5.41) is 2.52. The molecule has 1 rings (SSSR count). The van der Waals surface area contributed by atoms with Crippen molar-refractivity contribution in [2.75, 3.05) is 12.4 Å². The molecule has 5 nitrogen and oxygen atoms in total. The van der Waals surface area contributed by atoms with E-state index in [4.69, 9.17) is 0 Å². The molecule has 0 aromatic heterocycles. The Hall–Kier alpha value is -1.21. The molecule has 0 radical (unpaired) electrons. The van der Waals surface area contributed by atoms with Crippen LogP contribution >= 0.6 is 31.9 Å². The van der Waals surface area contributed by atoms with E-state index in [1.54, 1.807) is 6.07 Å². The lowest BCUT2D eigenvalue weighted by molar-refractivity contribution is -0.124. The summed E-state index contributed by atoms with van der Waals surface area (Å²) in [6, 6.07) is 3.20. The highest BCUT2D eigenvalue weighted by atomic mass is 79.9. The number of nitrogens with one attached hydrogen (secondary N) is 1. The van der Waals surface area contributed by atoms with Crippen molar-refractivity contribution in [3.8, 4) is 0 Å². The topological polar surface area (TPSA) is 72.5 Å². The summed E-state index contributed by atoms with van der Waals surface area (Å²) in [6.45, 7) is 1.32. The fourth-order valence-corrected chi connectivity index (χ4v) is 2.71. The molecule has 0 aliphatic heterocycles. The van der Waals surface area contributed by atoms with Gasteiger partial charge >= 0.3 is 5.97 Å². The van der Waals surface area contributed by atoms with Gasteiger partial charge in [0.05, 0.1) is 24.8 Å². The molecule has 0 aliphatic carbocycles. The molecule has 0 saturated carbocycles. The highest BCUT2D eigenvalue weighted by Crippen LogP contribution is 2.31. The van der Waals surface area contributed by atoms with Crippen LogP contribution in [0.15, 0.2) is 21.1 Å². The maximum absolute atomic E-state index is 11.7. The lowest BCUT2D eigenvalue weighted by Gasteiger charge is -2.12. The number of hydrogen-bond donors (Lipinski definition) is 1. The number of ether oxygens (including phenoxy) is 1. The third-order valence-corrected chi connectivity index (χ3v) is 3.22. The highest BCUT2D eigenvalue weighted by Gasteiger charge is 2.18. The van der Waals surface area contributed by atoms with Crippen molar-refractivity contribution in [2.24, 2.45) is 0 Å². The van der Waals surface area contributed by atoms with Crippen LogP contribution in [-0.4, -0.2) is 24.8 Å². The normalized spacial score (nSPS) is 9.89. The van der Waals surface area contributed by atoms with Crippen LogP contribution in [0.3, 0.4) is 0 Å². The van der Waals surface area contributed by atoms with Crippen molar-refractivity contribution in [2.45, 2.75) is 13.3 Å². The van der Waals surface area contributed by atoms with Gasteiger partial charge in [0.15, 0.2) is 0 Å². The number of rotatable bonds is 4. The van der Waals surface area contributed by atoms with E-state index in [0.717, 1.165) is 0 Å². The average Bonchev–Trinajstić information content (AvgIpc) is 2.30. The molecule has 0 unspecified atom stereocenters. The fourth-order valence-electron chi connectivity index (χ4n) is 1.38. The molecular weight excluding hydrogens is 382 g/mol. The van der Waals surface area contributed by atoms with E-state index in [1.807, 2.05) is 0 Å². The van der Waals surface area contributed by atoms with Gasteiger partial charge in [-0.1, -0.05) is 15.9 Å². The summed E-state index contributed by atoms with van der Waals surface area (Å²) in [4.78, 5) is 34.2. The Morgan fingerprint density at radius 2 is 1.89 bits per heavy atom. The minimum absolute atomic E-state index is 0.195. The van der Waals surface area contributed by atoms with Crippen molar-refractivity contribution in [3.05, 3.63) is 26.6 Å². The van der Waals surface area contributed by atoms with E-state index >= 15 is 0 Å². The third-order valence-electron chi connectivity index (χ3n) is 2.13. The van der Waals surface area contributed by atoms with Crippen molar-refractivity contribution < 1.29 is 19.1 Å². The van der Waals surface area contributed by atoms with Gasteiger partial charge in [-0.25, -0.2) is 4.79 Å². The third kappa shape index (κ3) is 4.43. The summed E-state index contributed by atoms with van der Waals surface area (Å²) in [5.74, 6) is -1.33. The number of carbonyl (C=O) groups excluding carboxylic acids is 3. The first-order chi connectivity index (χ1) is 8.85. The van der Waals surface area contributed by atoms with Crippen LogP contribution in [0.4, 0.5) is 5.69 Å². The zero-order valence-corrected chi connectivity index (χ0v) is 13.4. The quantitative estimate of drug-likeness (QED) is 0.631. The Morgan fingerprint density at radius 3 is 2.42 bits per heavy atom. The fraction of sp³-hybridized carbons (Fsp3) is 0.250. The van der Waals surface area contributed by atoms with Crippen molar-refractivity contribution in [1.82, 2.24) is 0 Å². The van der Waals surface area contributed by atoms with E-state index in [1.165, 1.54) is 20.1 Å². The number of ketones is 1. The van der Waals surface area contributed by atoms with Gasteiger partial charge in [0, 0.05) is 8.95 Å². The molecule has 1 aromatic rings. The van der Waals surface area contributed by atoms with Crippen LogP contribution in [0, 0.1) is 0 Å². The van der Waals surface area contributed by atoms with Crippen LogP contribution < -0.4 is 5.32 Å². The molecule has 7 heteroatoms. The van der Waals surface area contributed by atoms with Crippen LogP contribution in [0.1, 0.15) is 23.7 Å². The first kappa shape index (κ1) is 15.8. The van der Waals surface area contributed by atoms with Crippen molar-refractivity contribution in [3.63, 3.8) is 0 Å². The standard InChI is InChI=1S/C12H11Br2NO4/c1-6(16)3-10(17)15-11-8(12(18)19-2)4-7(13)5-9(11)14/h4-5H,3H2,1-2H3,(H,15,17). The number of anilines is 1. The molecule has 0 fully saturated rings. The van der Waals surface area contributed by atoms with Crippen LogP contribution in [0.5, 0.6) is 0 Å². The molecular formula is C12H11Br2NO4. The summed E-state index contributed by atoms with van der Waals surface area (Å²) in [7, 11) is 1.25. The second kappa shape index (κ2) is 6.81. The second-order valence-electron chi connectivity index (χ2n) is 3.73. The average molecular weight is 393 g/mol. The largest absolute Gasteiger partial charge is 0.465 e. The maximum atomic E-state index is 11.7. The molecule has 1 aromatic carbocycles. The van der Waals surface area contributed by atoms with Gasteiger partial charge in [0.2, 0.25) is 5.91 Å². The van der Waals surface area contributed by atoms with E-state index in [-0.39, 0.29) is 23.5 Å². The number of carbonyl (C=O) groups is 3. The molecule has 0 aliphatic rings. The molecule has 0 saturated heterocycles. The van der Waals surface area contributed by atoms with Gasteiger partial charge in [-0.2, -0.15) is 0 Å². The van der Waals surface area contributed by atoms with Crippen LogP contribution in [0.2, 0.25) is 0 Å². The predicted molar refractivity (Wildman–Crippen MR) is 77.1 cm³/mol. The van der Waals surface area contributed by atoms with Gasteiger partial charge in [-0.05, 0) is 35.0 Å². The number of halogens is 2. The van der Waals surface area contributed by atoms with Gasteiger partial charge < -0.3 is 10.1 Å². The van der Waals surface area contributed by atoms with Crippen molar-refractivity contribution >= 4 is 55.2 Å². The Kier molecular flexibility index (Phi) is 5.68. The molecule has 0 spiro atoms. The first-order valence-electron chi connectivity index (χ1n) is 5.21. The van der Waals surface area contributed by atoms with Gasteiger partial charge in [0.1, 0.15) is 5.78 Å². The van der Waals surface area contributed by atoms with E-state index in [9.17, 15) is 14.4 Å². The Bertz CT molecular complexity index is 543. The molecule has 0 atom stereocenters. The smallest absolute Gasteiger partial charge is 0.340 e. The van der Waals surface area contributed by atoms with Crippen LogP contribution in [0.25, 0.3) is 0 Å². The number of hydrogen-bond acceptors (Lipinski definition) is 4. The summed E-state index contributed by atoms with van der Waals surface area (Å²) in [6.07, 6.45) is -0.247. The molecule has 1 amide bonds. The summed E-state index contributed by atoms with van der Waals surface area (Å²) in [5.41, 5.74) is 0.474. The number of esters is 1. The SMILES string of the molecule is COC(=O)c1cc(Br)cc(Br)c1NC(=O)CC(C)=O. The summed E-state index contributed by atoms with van der Waals surface area (Å²) >= 11 is 6.50. The zero-order chi connectivity index (χ0) is 14.6. The Balaban J connectivity index is 3.14. The molecule has 0 heterocycles. The number of Topliss-reactive ketones (excluding diaryl/α,β-unsaturated/α-hetero) is 1. The van der Waals surface area contributed by atoms with E-state index < -0.39 is 11.9 Å². The first-order valence-corrected chi connectivity index (χ1v) is 6.80. The molecule has 1 N–H and O–H groups in total. The lowest BCUT2D eigenvalue weighted by Crippen LogP contribution is -2.18. The monoisotopic (exact) mass is 391 g/mol.